The molecule has 0 aliphatic carbocycles. The van der Waals surface area contributed by atoms with Crippen molar-refractivity contribution in [3.63, 3.8) is 0 Å². The highest BCUT2D eigenvalue weighted by molar-refractivity contribution is 6.32. The largest absolute Gasteiger partial charge is 0.378 e. The summed E-state index contributed by atoms with van der Waals surface area (Å²) in [5.74, 6) is 0. The zero-order valence-corrected chi connectivity index (χ0v) is 13.6. The molecule has 23 heavy (non-hydrogen) atoms. The van der Waals surface area contributed by atoms with E-state index in [0.29, 0.717) is 12.2 Å². The van der Waals surface area contributed by atoms with Gasteiger partial charge in [-0.3, -0.25) is 9.48 Å². The van der Waals surface area contributed by atoms with E-state index in [-0.39, 0.29) is 10.6 Å². The standard InChI is InChI=1S/C16H16ClN5O/c1-21-10-13(8-19-21)12-5-3-4-11(6-12)7-18-14-9-20-22(2)16(23)15(14)17/h3-6,8-10,18H,7H2,1-2H3. The number of hydrogen-bond donors (Lipinski definition) is 1. The first-order chi connectivity index (χ1) is 11.0. The molecule has 2 heterocycles. The second-order valence-corrected chi connectivity index (χ2v) is 5.64. The Balaban J connectivity index is 1.79. The van der Waals surface area contributed by atoms with Crippen molar-refractivity contribution < 1.29 is 0 Å². The molecule has 0 fully saturated rings. The molecule has 7 heteroatoms. The minimum absolute atomic E-state index is 0.144. The molecule has 0 spiro atoms. The van der Waals surface area contributed by atoms with Crippen LogP contribution in [0.25, 0.3) is 11.1 Å². The highest BCUT2D eigenvalue weighted by atomic mass is 35.5. The van der Waals surface area contributed by atoms with Crippen molar-refractivity contribution in [1.82, 2.24) is 19.6 Å². The first-order valence-corrected chi connectivity index (χ1v) is 7.46. The van der Waals surface area contributed by atoms with Gasteiger partial charge in [-0.25, -0.2) is 4.68 Å². The maximum absolute atomic E-state index is 11.8. The van der Waals surface area contributed by atoms with Crippen molar-refractivity contribution >= 4 is 17.3 Å². The Morgan fingerprint density at radius 1 is 1.17 bits per heavy atom. The highest BCUT2D eigenvalue weighted by Gasteiger charge is 2.07. The lowest BCUT2D eigenvalue weighted by Gasteiger charge is -2.09. The van der Waals surface area contributed by atoms with Crippen LogP contribution in [-0.2, 0) is 20.6 Å². The maximum Gasteiger partial charge on any atom is 0.287 e. The van der Waals surface area contributed by atoms with E-state index in [0.717, 1.165) is 16.7 Å². The summed E-state index contributed by atoms with van der Waals surface area (Å²) in [6, 6.07) is 8.11. The summed E-state index contributed by atoms with van der Waals surface area (Å²) in [6.45, 7) is 0.544. The van der Waals surface area contributed by atoms with Crippen molar-refractivity contribution in [2.45, 2.75) is 6.54 Å². The van der Waals surface area contributed by atoms with E-state index in [1.54, 1.807) is 17.9 Å². The van der Waals surface area contributed by atoms with E-state index in [4.69, 9.17) is 11.6 Å². The summed E-state index contributed by atoms with van der Waals surface area (Å²) < 4.78 is 2.97. The van der Waals surface area contributed by atoms with Crippen molar-refractivity contribution in [3.05, 3.63) is 63.8 Å². The number of aryl methyl sites for hydroxylation is 2. The summed E-state index contributed by atoms with van der Waals surface area (Å²) in [4.78, 5) is 11.8. The summed E-state index contributed by atoms with van der Waals surface area (Å²) in [5.41, 5.74) is 3.43. The predicted octanol–water partition coefficient (Wildman–Crippen LogP) is 2.45. The minimum atomic E-state index is -0.319. The topological polar surface area (TPSA) is 64.7 Å². The lowest BCUT2D eigenvalue weighted by Crippen LogP contribution is -2.21. The first kappa shape index (κ1) is 15.3. The zero-order valence-electron chi connectivity index (χ0n) is 12.8. The Labute approximate surface area is 138 Å². The molecular weight excluding hydrogens is 314 g/mol. The molecule has 0 saturated heterocycles. The summed E-state index contributed by atoms with van der Waals surface area (Å²) in [5, 5.41) is 11.4. The van der Waals surface area contributed by atoms with Gasteiger partial charge in [0.25, 0.3) is 5.56 Å². The molecule has 1 N–H and O–H groups in total. The van der Waals surface area contributed by atoms with Crippen LogP contribution in [0.3, 0.4) is 0 Å². The molecule has 0 saturated carbocycles. The van der Waals surface area contributed by atoms with Gasteiger partial charge >= 0.3 is 0 Å². The number of halogens is 1. The van der Waals surface area contributed by atoms with Crippen LogP contribution in [-0.4, -0.2) is 19.6 Å². The third-order valence-electron chi connectivity index (χ3n) is 3.53. The van der Waals surface area contributed by atoms with Crippen LogP contribution in [0.1, 0.15) is 5.56 Å². The minimum Gasteiger partial charge on any atom is -0.378 e. The number of aromatic nitrogens is 4. The van der Waals surface area contributed by atoms with E-state index in [1.807, 2.05) is 37.6 Å². The first-order valence-electron chi connectivity index (χ1n) is 7.08. The van der Waals surface area contributed by atoms with Crippen LogP contribution in [0.15, 0.2) is 47.7 Å². The third kappa shape index (κ3) is 3.27. The van der Waals surface area contributed by atoms with Gasteiger partial charge in [-0.2, -0.15) is 10.2 Å². The molecule has 0 aliphatic heterocycles. The van der Waals surface area contributed by atoms with E-state index >= 15 is 0 Å². The van der Waals surface area contributed by atoms with Gasteiger partial charge in [0.1, 0.15) is 5.02 Å². The summed E-state index contributed by atoms with van der Waals surface area (Å²) in [7, 11) is 3.45. The van der Waals surface area contributed by atoms with Gasteiger partial charge in [0.2, 0.25) is 0 Å². The van der Waals surface area contributed by atoms with Gasteiger partial charge < -0.3 is 5.32 Å². The fraction of sp³-hybridized carbons (Fsp3) is 0.188. The van der Waals surface area contributed by atoms with Crippen molar-refractivity contribution in [3.8, 4) is 11.1 Å². The molecule has 0 atom stereocenters. The molecule has 1 aromatic carbocycles. The van der Waals surface area contributed by atoms with E-state index in [9.17, 15) is 4.79 Å². The maximum atomic E-state index is 11.8. The Morgan fingerprint density at radius 3 is 2.74 bits per heavy atom. The van der Waals surface area contributed by atoms with Crippen LogP contribution in [0, 0.1) is 0 Å². The average molecular weight is 330 g/mol. The molecule has 0 bridgehead atoms. The molecule has 3 rings (SSSR count). The second kappa shape index (κ2) is 6.26. The normalized spacial score (nSPS) is 10.7. The van der Waals surface area contributed by atoms with Crippen molar-refractivity contribution in [1.29, 1.82) is 0 Å². The van der Waals surface area contributed by atoms with E-state index in [1.165, 1.54) is 4.68 Å². The van der Waals surface area contributed by atoms with E-state index in [2.05, 4.69) is 21.6 Å². The summed E-state index contributed by atoms with van der Waals surface area (Å²) in [6.07, 6.45) is 5.34. The van der Waals surface area contributed by atoms with Crippen LogP contribution >= 0.6 is 11.6 Å². The molecule has 118 valence electrons. The Hall–Kier alpha value is -2.60. The number of nitrogens with zero attached hydrogens (tertiary/aromatic N) is 4. The predicted molar refractivity (Wildman–Crippen MR) is 90.5 cm³/mol. The van der Waals surface area contributed by atoms with Crippen molar-refractivity contribution in [2.75, 3.05) is 5.32 Å². The second-order valence-electron chi connectivity index (χ2n) is 5.26. The van der Waals surface area contributed by atoms with Gasteiger partial charge in [0.05, 0.1) is 18.1 Å². The number of benzene rings is 1. The molecular formula is C16H16ClN5O. The Bertz CT molecular complexity index is 899. The van der Waals surface area contributed by atoms with Gasteiger partial charge in [-0.15, -0.1) is 0 Å². The smallest absolute Gasteiger partial charge is 0.287 e. The molecule has 0 unspecified atom stereocenters. The van der Waals surface area contributed by atoms with Gasteiger partial charge in [-0.1, -0.05) is 29.8 Å². The number of rotatable bonds is 4. The van der Waals surface area contributed by atoms with Gasteiger partial charge in [-0.05, 0) is 17.2 Å². The number of hydrogen-bond acceptors (Lipinski definition) is 4. The van der Waals surface area contributed by atoms with Crippen LogP contribution < -0.4 is 10.9 Å². The van der Waals surface area contributed by atoms with Gasteiger partial charge in [0.15, 0.2) is 0 Å². The molecule has 0 radical (unpaired) electrons. The van der Waals surface area contributed by atoms with E-state index < -0.39 is 0 Å². The summed E-state index contributed by atoms with van der Waals surface area (Å²) >= 11 is 6.05. The van der Waals surface area contributed by atoms with Crippen LogP contribution in [0.2, 0.25) is 5.02 Å². The lowest BCUT2D eigenvalue weighted by molar-refractivity contribution is 0.708. The molecule has 3 aromatic rings. The molecule has 0 amide bonds. The van der Waals surface area contributed by atoms with Crippen LogP contribution in [0.5, 0.6) is 0 Å². The number of anilines is 1. The Kier molecular flexibility index (Phi) is 4.16. The fourth-order valence-electron chi connectivity index (χ4n) is 2.26. The Morgan fingerprint density at radius 2 is 2.00 bits per heavy atom. The SMILES string of the molecule is Cn1cc(-c2cccc(CNc3cnn(C)c(=O)c3Cl)c2)cn1. The van der Waals surface area contributed by atoms with Gasteiger partial charge in [0, 0.05) is 32.4 Å². The zero-order chi connectivity index (χ0) is 16.4. The number of nitrogens with one attached hydrogen (secondary N) is 1. The lowest BCUT2D eigenvalue weighted by atomic mass is 10.1. The molecule has 2 aromatic heterocycles. The fourth-order valence-corrected chi connectivity index (χ4v) is 2.50. The van der Waals surface area contributed by atoms with Crippen LogP contribution in [0.4, 0.5) is 5.69 Å². The highest BCUT2D eigenvalue weighted by Crippen LogP contribution is 2.21. The average Bonchev–Trinajstić information content (AvgIpc) is 2.99. The molecule has 0 aliphatic rings. The monoisotopic (exact) mass is 329 g/mol. The molecule has 6 nitrogen and oxygen atoms in total. The third-order valence-corrected chi connectivity index (χ3v) is 3.89. The quantitative estimate of drug-likeness (QED) is 0.798. The van der Waals surface area contributed by atoms with Crippen molar-refractivity contribution in [2.24, 2.45) is 14.1 Å².